The minimum Gasteiger partial charge on any atom is -0.454 e. The zero-order valence-electron chi connectivity index (χ0n) is 16.9. The van der Waals surface area contributed by atoms with Crippen molar-refractivity contribution in [2.75, 3.05) is 0 Å². The first-order chi connectivity index (χ1) is 12.5. The minimum atomic E-state index is -0.748. The van der Waals surface area contributed by atoms with Gasteiger partial charge in [0.25, 0.3) is 5.69 Å². The number of hydrogen-bond donors (Lipinski definition) is 0. The highest BCUT2D eigenvalue weighted by molar-refractivity contribution is 5.47. The van der Waals surface area contributed by atoms with Crippen LogP contribution >= 0.6 is 0 Å². The van der Waals surface area contributed by atoms with Crippen molar-refractivity contribution in [1.82, 2.24) is 0 Å². The van der Waals surface area contributed by atoms with E-state index >= 15 is 0 Å². The first kappa shape index (κ1) is 20.9. The number of ether oxygens (including phenoxy) is 1. The number of rotatable bonds is 7. The Bertz CT molecular complexity index is 843. The van der Waals surface area contributed by atoms with Gasteiger partial charge in [-0.1, -0.05) is 53.7 Å². The molecule has 0 N–H and O–H groups in total. The Morgan fingerprint density at radius 3 is 2.07 bits per heavy atom. The van der Waals surface area contributed by atoms with E-state index in [9.17, 15) is 14.5 Å². The number of hydrogen-bond acceptors (Lipinski definition) is 3. The van der Waals surface area contributed by atoms with E-state index in [0.29, 0.717) is 5.75 Å². The third kappa shape index (κ3) is 4.46. The summed E-state index contributed by atoms with van der Waals surface area (Å²) in [6, 6.07) is 9.47. The van der Waals surface area contributed by atoms with Gasteiger partial charge >= 0.3 is 0 Å². The smallest absolute Gasteiger partial charge is 0.272 e. The summed E-state index contributed by atoms with van der Waals surface area (Å²) in [6.07, 6.45) is 1.89. The second kappa shape index (κ2) is 7.67. The second-order valence-corrected chi connectivity index (χ2v) is 8.16. The molecule has 2 rings (SSSR count). The van der Waals surface area contributed by atoms with E-state index in [1.165, 1.54) is 17.7 Å². The summed E-state index contributed by atoms with van der Waals surface area (Å²) in [6.45, 7) is 12.9. The molecule has 5 heteroatoms. The maximum Gasteiger partial charge on any atom is 0.272 e. The van der Waals surface area contributed by atoms with Gasteiger partial charge in [0, 0.05) is 11.6 Å². The fraction of sp³-hybridized carbons (Fsp3) is 0.455. The van der Waals surface area contributed by atoms with E-state index in [0.717, 1.165) is 24.5 Å². The Balaban J connectivity index is 2.52. The normalized spacial score (nSPS) is 12.1. The zero-order valence-corrected chi connectivity index (χ0v) is 16.9. The molecule has 0 bridgehead atoms. The van der Waals surface area contributed by atoms with Gasteiger partial charge in [-0.05, 0) is 41.4 Å². The molecule has 2 aromatic carbocycles. The largest absolute Gasteiger partial charge is 0.454 e. The van der Waals surface area contributed by atoms with E-state index in [2.05, 4.69) is 47.6 Å². The van der Waals surface area contributed by atoms with Crippen molar-refractivity contribution in [1.29, 1.82) is 0 Å². The average molecular weight is 373 g/mol. The molecule has 0 amide bonds. The number of halogens is 1. The van der Waals surface area contributed by atoms with E-state index in [4.69, 9.17) is 4.74 Å². The number of nitrogens with zero attached hydrogens (tertiary/aromatic N) is 1. The summed E-state index contributed by atoms with van der Waals surface area (Å²) < 4.78 is 20.2. The van der Waals surface area contributed by atoms with Crippen LogP contribution in [0.5, 0.6) is 11.5 Å². The van der Waals surface area contributed by atoms with Gasteiger partial charge in [0.15, 0.2) is 11.6 Å². The van der Waals surface area contributed by atoms with Gasteiger partial charge in [-0.15, -0.1) is 0 Å². The number of nitro benzene ring substituents is 1. The van der Waals surface area contributed by atoms with Gasteiger partial charge in [0.2, 0.25) is 0 Å². The van der Waals surface area contributed by atoms with Gasteiger partial charge in [-0.25, -0.2) is 4.39 Å². The van der Waals surface area contributed by atoms with Crippen LogP contribution in [-0.4, -0.2) is 4.92 Å². The summed E-state index contributed by atoms with van der Waals surface area (Å²) in [5.74, 6) is -0.191. The molecular weight excluding hydrogens is 345 g/mol. The lowest BCUT2D eigenvalue weighted by Crippen LogP contribution is -2.20. The summed E-state index contributed by atoms with van der Waals surface area (Å²) in [4.78, 5) is 10.2. The molecule has 0 atom stereocenters. The minimum absolute atomic E-state index is 0.0174. The third-order valence-electron chi connectivity index (χ3n) is 5.60. The monoisotopic (exact) mass is 373 g/mol. The third-order valence-corrected chi connectivity index (χ3v) is 5.60. The molecule has 2 aromatic rings. The van der Waals surface area contributed by atoms with Gasteiger partial charge in [0.1, 0.15) is 5.75 Å². The van der Waals surface area contributed by atoms with Crippen molar-refractivity contribution in [3.05, 3.63) is 63.5 Å². The summed E-state index contributed by atoms with van der Waals surface area (Å²) >= 11 is 0. The van der Waals surface area contributed by atoms with Crippen LogP contribution < -0.4 is 4.74 Å². The molecule has 0 saturated carbocycles. The van der Waals surface area contributed by atoms with E-state index in [1.54, 1.807) is 0 Å². The fourth-order valence-electron chi connectivity index (χ4n) is 2.77. The molecule has 0 aromatic heterocycles. The molecule has 0 aliphatic heterocycles. The van der Waals surface area contributed by atoms with Gasteiger partial charge < -0.3 is 4.74 Å². The molecule has 0 heterocycles. The fourth-order valence-corrected chi connectivity index (χ4v) is 2.77. The molecule has 146 valence electrons. The quantitative estimate of drug-likeness (QED) is 0.392. The zero-order chi connectivity index (χ0) is 20.4. The Morgan fingerprint density at radius 2 is 1.56 bits per heavy atom. The topological polar surface area (TPSA) is 52.4 Å². The summed E-state index contributed by atoms with van der Waals surface area (Å²) in [5, 5.41) is 10.8. The average Bonchev–Trinajstić information content (AvgIpc) is 2.63. The Kier molecular flexibility index (Phi) is 5.93. The van der Waals surface area contributed by atoms with Crippen molar-refractivity contribution in [2.45, 2.75) is 65.2 Å². The number of nitro groups is 1. The Hall–Kier alpha value is -2.43. The van der Waals surface area contributed by atoms with Crippen LogP contribution in [0.15, 0.2) is 36.4 Å². The van der Waals surface area contributed by atoms with Crippen LogP contribution in [0.2, 0.25) is 0 Å². The molecule has 0 aliphatic rings. The first-order valence-corrected chi connectivity index (χ1v) is 9.28. The lowest BCUT2D eigenvalue weighted by Gasteiger charge is -2.30. The van der Waals surface area contributed by atoms with Crippen molar-refractivity contribution < 1.29 is 14.1 Å². The first-order valence-electron chi connectivity index (χ1n) is 9.28. The van der Waals surface area contributed by atoms with Crippen molar-refractivity contribution in [2.24, 2.45) is 0 Å². The Morgan fingerprint density at radius 1 is 0.963 bits per heavy atom. The van der Waals surface area contributed by atoms with Crippen molar-refractivity contribution in [3.63, 3.8) is 0 Å². The molecule has 0 fully saturated rings. The van der Waals surface area contributed by atoms with E-state index in [-0.39, 0.29) is 22.3 Å². The predicted molar refractivity (Wildman–Crippen MR) is 106 cm³/mol. The van der Waals surface area contributed by atoms with Crippen molar-refractivity contribution >= 4 is 5.69 Å². The van der Waals surface area contributed by atoms with Crippen LogP contribution in [-0.2, 0) is 10.8 Å². The molecule has 0 aliphatic carbocycles. The maximum absolute atomic E-state index is 14.3. The summed E-state index contributed by atoms with van der Waals surface area (Å²) in [5.41, 5.74) is 1.77. The predicted octanol–water partition coefficient (Wildman–Crippen LogP) is 6.90. The van der Waals surface area contributed by atoms with Crippen LogP contribution in [0.1, 0.15) is 65.5 Å². The van der Waals surface area contributed by atoms with Crippen LogP contribution in [0, 0.1) is 15.9 Å². The number of benzene rings is 2. The van der Waals surface area contributed by atoms with E-state index in [1.807, 2.05) is 12.1 Å². The molecule has 0 saturated heterocycles. The molecular formula is C22H28FNO3. The SMILES string of the molecule is CCC(C)(C)c1ccc(Oc2ccc([N+](=O)[O-])cc2F)c(C(C)(C)CC)c1. The Labute approximate surface area is 160 Å². The molecule has 4 nitrogen and oxygen atoms in total. The number of non-ortho nitro benzene ring substituents is 1. The van der Waals surface area contributed by atoms with Gasteiger partial charge in [0.05, 0.1) is 11.0 Å². The standard InChI is InChI=1S/C22H28FNO3/c1-7-21(3,4)15-9-11-19(17(13-15)22(5,6)8-2)27-20-12-10-16(24(25)26)14-18(20)23/h9-14H,7-8H2,1-6H3. The van der Waals surface area contributed by atoms with Crippen LogP contribution in [0.3, 0.4) is 0 Å². The van der Waals surface area contributed by atoms with Crippen LogP contribution in [0.25, 0.3) is 0 Å². The van der Waals surface area contributed by atoms with Crippen LogP contribution in [0.4, 0.5) is 10.1 Å². The lowest BCUT2D eigenvalue weighted by molar-refractivity contribution is -0.385. The highest BCUT2D eigenvalue weighted by atomic mass is 19.1. The molecule has 0 spiro atoms. The van der Waals surface area contributed by atoms with Crippen molar-refractivity contribution in [3.8, 4) is 11.5 Å². The highest BCUT2D eigenvalue weighted by Crippen LogP contribution is 2.40. The lowest BCUT2D eigenvalue weighted by atomic mass is 9.76. The van der Waals surface area contributed by atoms with Gasteiger partial charge in [-0.2, -0.15) is 0 Å². The van der Waals surface area contributed by atoms with E-state index < -0.39 is 10.7 Å². The molecule has 0 radical (unpaired) electrons. The van der Waals surface area contributed by atoms with Gasteiger partial charge in [-0.3, -0.25) is 10.1 Å². The molecule has 0 unspecified atom stereocenters. The highest BCUT2D eigenvalue weighted by Gasteiger charge is 2.27. The molecule has 27 heavy (non-hydrogen) atoms. The second-order valence-electron chi connectivity index (χ2n) is 8.16. The summed E-state index contributed by atoms with van der Waals surface area (Å²) in [7, 11) is 0. The maximum atomic E-state index is 14.3.